The molecule has 2 fully saturated rings. The third-order valence-corrected chi connectivity index (χ3v) is 7.60. The number of hydrogen-bond donors (Lipinski definition) is 0. The van der Waals surface area contributed by atoms with Crippen LogP contribution in [0.2, 0.25) is 0 Å². The van der Waals surface area contributed by atoms with Crippen molar-refractivity contribution in [1.29, 1.82) is 0 Å². The number of rotatable bonds is 3. The maximum absolute atomic E-state index is 13.1. The van der Waals surface area contributed by atoms with Crippen molar-refractivity contribution in [3.8, 4) is 0 Å². The van der Waals surface area contributed by atoms with Gasteiger partial charge in [0.2, 0.25) is 5.91 Å². The summed E-state index contributed by atoms with van der Waals surface area (Å²) in [6.45, 7) is 9.34. The molecule has 2 aromatic heterocycles. The van der Waals surface area contributed by atoms with E-state index in [0.29, 0.717) is 19.4 Å². The lowest BCUT2D eigenvalue weighted by Crippen LogP contribution is -2.47. The molecular formula is C24H33F3N4O. The van der Waals surface area contributed by atoms with Gasteiger partial charge in [-0.2, -0.15) is 18.3 Å². The summed E-state index contributed by atoms with van der Waals surface area (Å²) in [6, 6.07) is 1.96. The van der Waals surface area contributed by atoms with Crippen LogP contribution in [0.15, 0.2) is 6.07 Å². The largest absolute Gasteiger partial charge is 0.391 e. The minimum atomic E-state index is -4.11. The summed E-state index contributed by atoms with van der Waals surface area (Å²) in [4.78, 5) is 18.8. The Kier molecular flexibility index (Phi) is 6.01. The van der Waals surface area contributed by atoms with Crippen LogP contribution in [0.3, 0.4) is 0 Å². The molecular weight excluding hydrogens is 417 g/mol. The summed E-state index contributed by atoms with van der Waals surface area (Å²) in [5, 5.41) is 4.93. The summed E-state index contributed by atoms with van der Waals surface area (Å²) < 4.78 is 41.2. The number of carbonyl (C=O) groups excluding carboxylic acids is 1. The zero-order chi connectivity index (χ0) is 23.3. The number of aromatic nitrogens is 3. The lowest BCUT2D eigenvalue weighted by molar-refractivity contribution is -0.182. The highest BCUT2D eigenvalue weighted by atomic mass is 19.4. The summed E-state index contributed by atoms with van der Waals surface area (Å²) in [7, 11) is 0. The molecule has 1 aliphatic carbocycles. The molecule has 1 saturated carbocycles. The fourth-order valence-corrected chi connectivity index (χ4v) is 5.83. The van der Waals surface area contributed by atoms with E-state index in [9.17, 15) is 18.0 Å². The van der Waals surface area contributed by atoms with Crippen molar-refractivity contribution in [2.45, 2.75) is 90.1 Å². The highest BCUT2D eigenvalue weighted by Gasteiger charge is 2.42. The molecule has 0 aromatic carbocycles. The van der Waals surface area contributed by atoms with E-state index in [1.54, 1.807) is 6.92 Å². The fraction of sp³-hybridized carbons (Fsp3) is 0.708. The first kappa shape index (κ1) is 23.1. The van der Waals surface area contributed by atoms with E-state index in [1.807, 2.05) is 22.4 Å². The lowest BCUT2D eigenvalue weighted by Gasteiger charge is -2.41. The standard InChI is InChI=1S/C24H33F3N4O/c1-5-19-15(2)28-21-13-20(17-7-9-18(10-8-17)24(25,26)27)29-31(21)22(19)23(4)11-6-12-30(14-23)16(3)32/h13,17-18H,5-12,14H2,1-4H3/t17?,18?,23-/m1/s1. The predicted octanol–water partition coefficient (Wildman–Crippen LogP) is 5.34. The summed E-state index contributed by atoms with van der Waals surface area (Å²) in [6.07, 6.45) is -0.0993. The average Bonchev–Trinajstić information content (AvgIpc) is 3.15. The maximum atomic E-state index is 13.1. The minimum absolute atomic E-state index is 0.0291. The van der Waals surface area contributed by atoms with Gasteiger partial charge in [-0.3, -0.25) is 4.79 Å². The van der Waals surface area contributed by atoms with Crippen LogP contribution in [0, 0.1) is 12.8 Å². The van der Waals surface area contributed by atoms with E-state index in [2.05, 4.69) is 13.8 Å². The smallest absolute Gasteiger partial charge is 0.342 e. The molecule has 32 heavy (non-hydrogen) atoms. The van der Waals surface area contributed by atoms with Gasteiger partial charge in [-0.05, 0) is 57.4 Å². The zero-order valence-corrected chi connectivity index (χ0v) is 19.4. The van der Waals surface area contributed by atoms with Gasteiger partial charge in [-0.25, -0.2) is 9.50 Å². The highest BCUT2D eigenvalue weighted by Crippen LogP contribution is 2.43. The van der Waals surface area contributed by atoms with Crippen molar-refractivity contribution in [3.63, 3.8) is 0 Å². The first-order valence-electron chi connectivity index (χ1n) is 11.8. The molecule has 176 valence electrons. The van der Waals surface area contributed by atoms with Crippen LogP contribution in [-0.4, -0.2) is 44.7 Å². The van der Waals surface area contributed by atoms with Crippen molar-refractivity contribution < 1.29 is 18.0 Å². The number of piperidine rings is 1. The molecule has 5 nitrogen and oxygen atoms in total. The van der Waals surface area contributed by atoms with Crippen molar-refractivity contribution in [3.05, 3.63) is 28.7 Å². The molecule has 2 aliphatic rings. The van der Waals surface area contributed by atoms with Crippen molar-refractivity contribution in [1.82, 2.24) is 19.5 Å². The molecule has 0 N–H and O–H groups in total. The number of carbonyl (C=O) groups is 1. The Balaban J connectivity index is 1.73. The second-order valence-electron chi connectivity index (χ2n) is 9.91. The summed E-state index contributed by atoms with van der Waals surface area (Å²) >= 11 is 0. The van der Waals surface area contributed by atoms with Crippen LogP contribution in [0.25, 0.3) is 5.65 Å². The number of halogens is 3. The molecule has 0 bridgehead atoms. The third kappa shape index (κ3) is 4.13. The van der Waals surface area contributed by atoms with Crippen molar-refractivity contribution >= 4 is 11.6 Å². The molecule has 1 amide bonds. The Morgan fingerprint density at radius 2 is 1.94 bits per heavy atom. The number of likely N-dealkylation sites (tertiary alicyclic amines) is 1. The molecule has 0 spiro atoms. The molecule has 1 aliphatic heterocycles. The van der Waals surface area contributed by atoms with E-state index in [-0.39, 0.29) is 30.1 Å². The first-order chi connectivity index (χ1) is 15.0. The minimum Gasteiger partial charge on any atom is -0.342 e. The van der Waals surface area contributed by atoms with E-state index in [4.69, 9.17) is 10.1 Å². The maximum Gasteiger partial charge on any atom is 0.391 e. The van der Waals surface area contributed by atoms with Gasteiger partial charge in [0.05, 0.1) is 17.3 Å². The quantitative estimate of drug-likeness (QED) is 0.635. The molecule has 3 heterocycles. The van der Waals surface area contributed by atoms with E-state index in [0.717, 1.165) is 54.1 Å². The molecule has 0 unspecified atom stereocenters. The van der Waals surface area contributed by atoms with Crippen LogP contribution in [0.4, 0.5) is 13.2 Å². The lowest BCUT2D eigenvalue weighted by atomic mass is 9.76. The summed E-state index contributed by atoms with van der Waals surface area (Å²) in [5.74, 6) is -1.09. The van der Waals surface area contributed by atoms with Crippen LogP contribution >= 0.6 is 0 Å². The van der Waals surface area contributed by atoms with Crippen molar-refractivity contribution in [2.24, 2.45) is 5.92 Å². The molecule has 2 aromatic rings. The molecule has 1 atom stereocenters. The number of fused-ring (bicyclic) bond motifs is 1. The van der Waals surface area contributed by atoms with Gasteiger partial charge in [-0.1, -0.05) is 13.8 Å². The summed E-state index contributed by atoms with van der Waals surface area (Å²) in [5.41, 5.74) is 4.56. The average molecular weight is 451 g/mol. The second-order valence-corrected chi connectivity index (χ2v) is 9.91. The van der Waals surface area contributed by atoms with Gasteiger partial charge in [0.15, 0.2) is 5.65 Å². The zero-order valence-electron chi connectivity index (χ0n) is 19.4. The van der Waals surface area contributed by atoms with Crippen LogP contribution < -0.4 is 0 Å². The highest BCUT2D eigenvalue weighted by molar-refractivity contribution is 5.73. The van der Waals surface area contributed by atoms with Gasteiger partial charge in [0.1, 0.15) is 0 Å². The number of alkyl halides is 3. The number of aryl methyl sites for hydroxylation is 1. The predicted molar refractivity (Wildman–Crippen MR) is 117 cm³/mol. The van der Waals surface area contributed by atoms with Crippen molar-refractivity contribution in [2.75, 3.05) is 13.1 Å². The Labute approximate surface area is 187 Å². The van der Waals surface area contributed by atoms with Crippen LogP contribution in [0.5, 0.6) is 0 Å². The fourth-order valence-electron chi connectivity index (χ4n) is 5.83. The monoisotopic (exact) mass is 450 g/mol. The SMILES string of the molecule is CCc1c(C)nc2cc(C3CCC(C(F)(F)F)CC3)nn2c1[C@]1(C)CCCN(C(C)=O)C1. The van der Waals surface area contributed by atoms with Crippen LogP contribution in [-0.2, 0) is 16.6 Å². The number of nitrogens with zero attached hydrogens (tertiary/aromatic N) is 4. The molecule has 0 radical (unpaired) electrons. The van der Waals surface area contributed by atoms with E-state index in [1.165, 1.54) is 0 Å². The number of amides is 1. The third-order valence-electron chi connectivity index (χ3n) is 7.60. The normalized spacial score (nSPS) is 27.2. The molecule has 8 heteroatoms. The Bertz CT molecular complexity index is 1010. The van der Waals surface area contributed by atoms with Gasteiger partial charge >= 0.3 is 6.18 Å². The molecule has 1 saturated heterocycles. The van der Waals surface area contributed by atoms with Crippen LogP contribution in [0.1, 0.15) is 87.9 Å². The Morgan fingerprint density at radius 3 is 2.53 bits per heavy atom. The Hall–Kier alpha value is -2.12. The van der Waals surface area contributed by atoms with E-state index >= 15 is 0 Å². The van der Waals surface area contributed by atoms with Gasteiger partial charge < -0.3 is 4.90 Å². The topological polar surface area (TPSA) is 50.5 Å². The van der Waals surface area contributed by atoms with E-state index < -0.39 is 12.1 Å². The first-order valence-corrected chi connectivity index (χ1v) is 11.8. The Morgan fingerprint density at radius 1 is 1.25 bits per heavy atom. The molecule has 4 rings (SSSR count). The second kappa shape index (κ2) is 8.34. The van der Waals surface area contributed by atoms with Gasteiger partial charge in [0, 0.05) is 43.1 Å². The van der Waals surface area contributed by atoms with Gasteiger partial charge in [-0.15, -0.1) is 0 Å². The van der Waals surface area contributed by atoms with Gasteiger partial charge in [0.25, 0.3) is 0 Å². The number of hydrogen-bond acceptors (Lipinski definition) is 3.